The Balaban J connectivity index is 0.00000341. The Bertz CT molecular complexity index is 846. The molecular weight excluding hydrogens is 505 g/mol. The van der Waals surface area contributed by atoms with Gasteiger partial charge in [-0.2, -0.15) is 0 Å². The summed E-state index contributed by atoms with van der Waals surface area (Å²) in [6.45, 7) is 6.33. The molecule has 0 bridgehead atoms. The third kappa shape index (κ3) is 6.95. The lowest BCUT2D eigenvalue weighted by molar-refractivity contribution is -0.119. The number of piperidine rings is 1. The summed E-state index contributed by atoms with van der Waals surface area (Å²) >= 11 is 0. The third-order valence-corrected chi connectivity index (χ3v) is 5.67. The van der Waals surface area contributed by atoms with Crippen molar-refractivity contribution in [1.82, 2.24) is 15.8 Å². The summed E-state index contributed by atoms with van der Waals surface area (Å²) in [5.74, 6) is 2.17. The number of aliphatic imine (C=N–C) groups is 1. The molecule has 1 aromatic carbocycles. The maximum absolute atomic E-state index is 12.1. The molecule has 1 fully saturated rings. The number of anilines is 1. The number of nitrogens with zero attached hydrogens (tertiary/aromatic N) is 3. The molecule has 170 valence electrons. The zero-order valence-corrected chi connectivity index (χ0v) is 21.0. The highest BCUT2D eigenvalue weighted by Gasteiger charge is 2.19. The third-order valence-electron chi connectivity index (χ3n) is 5.67. The summed E-state index contributed by atoms with van der Waals surface area (Å²) in [5, 5.41) is 10.8. The van der Waals surface area contributed by atoms with E-state index in [4.69, 9.17) is 4.52 Å². The second-order valence-corrected chi connectivity index (χ2v) is 7.68. The summed E-state index contributed by atoms with van der Waals surface area (Å²) in [6.07, 6.45) is 4.83. The van der Waals surface area contributed by atoms with E-state index in [0.717, 1.165) is 54.9 Å². The maximum Gasteiger partial charge on any atom is 0.226 e. The number of nitrogens with one attached hydrogen (secondary N) is 2. The van der Waals surface area contributed by atoms with Crippen LogP contribution in [-0.2, 0) is 17.9 Å². The standard InChI is InChI=1S/C23H33N5O2.HI/c1-4-18(5-2)21-14-20(30-27-21)16-26-23(24-3)25-15-17-9-11-19(12-10-17)28-13-7-6-8-22(28)29;/h9-12,14,18H,4-8,13,15-16H2,1-3H3,(H2,24,25,26);1H. The van der Waals surface area contributed by atoms with Gasteiger partial charge in [0.2, 0.25) is 5.91 Å². The Morgan fingerprint density at radius 1 is 1.16 bits per heavy atom. The van der Waals surface area contributed by atoms with E-state index < -0.39 is 0 Å². The predicted octanol–water partition coefficient (Wildman–Crippen LogP) is 4.58. The van der Waals surface area contributed by atoms with Crippen LogP contribution in [0, 0.1) is 0 Å². The van der Waals surface area contributed by atoms with Crippen molar-refractivity contribution in [2.24, 2.45) is 4.99 Å². The van der Waals surface area contributed by atoms with Crippen LogP contribution in [-0.4, -0.2) is 30.6 Å². The van der Waals surface area contributed by atoms with Crippen molar-refractivity contribution >= 4 is 41.5 Å². The Morgan fingerprint density at radius 3 is 2.52 bits per heavy atom. The van der Waals surface area contributed by atoms with Gasteiger partial charge >= 0.3 is 0 Å². The highest BCUT2D eigenvalue weighted by atomic mass is 127. The normalized spacial score (nSPS) is 14.5. The summed E-state index contributed by atoms with van der Waals surface area (Å²) in [7, 11) is 1.75. The van der Waals surface area contributed by atoms with Gasteiger partial charge in [-0.3, -0.25) is 9.79 Å². The molecule has 7 nitrogen and oxygen atoms in total. The molecule has 31 heavy (non-hydrogen) atoms. The van der Waals surface area contributed by atoms with Crippen molar-refractivity contribution < 1.29 is 9.32 Å². The fourth-order valence-electron chi connectivity index (χ4n) is 3.76. The van der Waals surface area contributed by atoms with Crippen LogP contribution in [0.15, 0.2) is 39.8 Å². The van der Waals surface area contributed by atoms with Gasteiger partial charge in [0, 0.05) is 44.2 Å². The number of hydrogen-bond donors (Lipinski definition) is 2. The smallest absolute Gasteiger partial charge is 0.226 e. The lowest BCUT2D eigenvalue weighted by atomic mass is 9.99. The predicted molar refractivity (Wildman–Crippen MR) is 135 cm³/mol. The average molecular weight is 539 g/mol. The molecular formula is C23H34IN5O2. The van der Waals surface area contributed by atoms with Crippen LogP contribution >= 0.6 is 24.0 Å². The number of benzene rings is 1. The van der Waals surface area contributed by atoms with Gasteiger partial charge in [-0.1, -0.05) is 31.1 Å². The first-order chi connectivity index (χ1) is 14.6. The molecule has 2 N–H and O–H groups in total. The second-order valence-electron chi connectivity index (χ2n) is 7.68. The van der Waals surface area contributed by atoms with E-state index in [1.807, 2.05) is 23.1 Å². The van der Waals surface area contributed by atoms with Crippen LogP contribution < -0.4 is 15.5 Å². The molecule has 1 saturated heterocycles. The van der Waals surface area contributed by atoms with Crippen LogP contribution in [0.4, 0.5) is 5.69 Å². The van der Waals surface area contributed by atoms with E-state index in [1.54, 1.807) is 7.05 Å². The van der Waals surface area contributed by atoms with Crippen molar-refractivity contribution in [3.05, 3.63) is 47.3 Å². The van der Waals surface area contributed by atoms with Gasteiger partial charge in [-0.05, 0) is 43.4 Å². The van der Waals surface area contributed by atoms with Gasteiger partial charge in [0.1, 0.15) is 0 Å². The fraction of sp³-hybridized carbons (Fsp3) is 0.522. The molecule has 0 spiro atoms. The molecule has 2 heterocycles. The van der Waals surface area contributed by atoms with Crippen LogP contribution in [0.5, 0.6) is 0 Å². The highest BCUT2D eigenvalue weighted by molar-refractivity contribution is 14.0. The minimum Gasteiger partial charge on any atom is -0.359 e. The largest absolute Gasteiger partial charge is 0.359 e. The summed E-state index contributed by atoms with van der Waals surface area (Å²) < 4.78 is 5.46. The summed E-state index contributed by atoms with van der Waals surface area (Å²) in [6, 6.07) is 10.2. The Hall–Kier alpha value is -2.10. The molecule has 0 atom stereocenters. The fourth-order valence-corrected chi connectivity index (χ4v) is 3.76. The molecule has 0 radical (unpaired) electrons. The minimum absolute atomic E-state index is 0. The Morgan fingerprint density at radius 2 is 1.87 bits per heavy atom. The van der Waals surface area contributed by atoms with Crippen LogP contribution in [0.3, 0.4) is 0 Å². The molecule has 2 aromatic rings. The maximum atomic E-state index is 12.1. The van der Waals surface area contributed by atoms with Crippen LogP contribution in [0.1, 0.15) is 68.9 Å². The molecule has 1 aliphatic heterocycles. The second kappa shape index (κ2) is 12.7. The minimum atomic E-state index is 0. The molecule has 1 amide bonds. The SMILES string of the molecule is CCC(CC)c1cc(CNC(=NC)NCc2ccc(N3CCCCC3=O)cc2)on1.I. The molecule has 0 unspecified atom stereocenters. The molecule has 3 rings (SSSR count). The van der Waals surface area contributed by atoms with Crippen molar-refractivity contribution in [2.45, 2.75) is 65.0 Å². The molecule has 0 aliphatic carbocycles. The van der Waals surface area contributed by atoms with E-state index in [1.165, 1.54) is 0 Å². The lowest BCUT2D eigenvalue weighted by Gasteiger charge is -2.26. The number of halogens is 1. The number of hydrogen-bond acceptors (Lipinski definition) is 4. The Labute approximate surface area is 202 Å². The monoisotopic (exact) mass is 539 g/mol. The van der Waals surface area contributed by atoms with Gasteiger partial charge in [0.25, 0.3) is 0 Å². The Kier molecular flexibility index (Phi) is 10.3. The number of aromatic nitrogens is 1. The summed E-state index contributed by atoms with van der Waals surface area (Å²) in [5.41, 5.74) is 3.12. The van der Waals surface area contributed by atoms with Crippen molar-refractivity contribution in [3.8, 4) is 0 Å². The van der Waals surface area contributed by atoms with E-state index in [0.29, 0.717) is 31.4 Å². The van der Waals surface area contributed by atoms with Crippen molar-refractivity contribution in [3.63, 3.8) is 0 Å². The summed E-state index contributed by atoms with van der Waals surface area (Å²) in [4.78, 5) is 18.2. The van der Waals surface area contributed by atoms with Gasteiger partial charge < -0.3 is 20.1 Å². The number of carbonyl (C=O) groups is 1. The van der Waals surface area contributed by atoms with E-state index in [9.17, 15) is 4.79 Å². The van der Waals surface area contributed by atoms with Crippen LogP contribution in [0.2, 0.25) is 0 Å². The number of rotatable bonds is 8. The van der Waals surface area contributed by atoms with Gasteiger partial charge in [-0.25, -0.2) is 0 Å². The quantitative estimate of drug-likeness (QED) is 0.292. The first kappa shape index (κ1) is 25.2. The number of guanidine groups is 1. The van der Waals surface area contributed by atoms with Gasteiger partial charge in [0.15, 0.2) is 11.7 Å². The first-order valence-corrected chi connectivity index (χ1v) is 10.9. The van der Waals surface area contributed by atoms with E-state index >= 15 is 0 Å². The number of amides is 1. The molecule has 0 saturated carbocycles. The molecule has 8 heteroatoms. The van der Waals surface area contributed by atoms with Gasteiger partial charge in [0.05, 0.1) is 12.2 Å². The van der Waals surface area contributed by atoms with Crippen molar-refractivity contribution in [2.75, 3.05) is 18.5 Å². The van der Waals surface area contributed by atoms with E-state index in [-0.39, 0.29) is 29.9 Å². The van der Waals surface area contributed by atoms with Crippen LogP contribution in [0.25, 0.3) is 0 Å². The average Bonchev–Trinajstić information content (AvgIpc) is 3.24. The topological polar surface area (TPSA) is 82.8 Å². The molecule has 1 aromatic heterocycles. The van der Waals surface area contributed by atoms with E-state index in [2.05, 4.69) is 46.8 Å². The lowest BCUT2D eigenvalue weighted by Crippen LogP contribution is -2.36. The zero-order chi connectivity index (χ0) is 21.3. The highest BCUT2D eigenvalue weighted by Crippen LogP contribution is 2.23. The molecule has 1 aliphatic rings. The first-order valence-electron chi connectivity index (χ1n) is 10.9. The number of carbonyl (C=O) groups excluding carboxylic acids is 1. The van der Waals surface area contributed by atoms with Gasteiger partial charge in [-0.15, -0.1) is 24.0 Å². The van der Waals surface area contributed by atoms with Crippen molar-refractivity contribution in [1.29, 1.82) is 0 Å². The zero-order valence-electron chi connectivity index (χ0n) is 18.7.